The van der Waals surface area contributed by atoms with E-state index in [1.54, 1.807) is 12.1 Å². The SMILES string of the molecule is C[C@@H](OC(=O)CCc1ccco1)C(=O)Nc1c(F)cccc1F. The standard InChI is InChI=1S/C16H15F2NO4/c1-10(23-14(20)8-7-11-4-3-9-22-11)16(21)19-15-12(17)5-2-6-13(15)18/h2-6,9-10H,7-8H2,1H3,(H,19,21)/t10-/m1/s1. The summed E-state index contributed by atoms with van der Waals surface area (Å²) < 4.78 is 36.9. The highest BCUT2D eigenvalue weighted by molar-refractivity contribution is 5.95. The van der Waals surface area contributed by atoms with Gasteiger partial charge in [0, 0.05) is 6.42 Å². The van der Waals surface area contributed by atoms with Gasteiger partial charge in [-0.05, 0) is 31.2 Å². The predicted molar refractivity (Wildman–Crippen MR) is 77.6 cm³/mol. The normalized spacial score (nSPS) is 11.8. The number of furan rings is 1. The number of halogens is 2. The van der Waals surface area contributed by atoms with E-state index < -0.39 is 35.3 Å². The molecule has 0 saturated carbocycles. The molecule has 0 spiro atoms. The molecule has 1 amide bonds. The summed E-state index contributed by atoms with van der Waals surface area (Å²) in [5, 5.41) is 2.07. The van der Waals surface area contributed by atoms with E-state index in [-0.39, 0.29) is 6.42 Å². The van der Waals surface area contributed by atoms with Crippen LogP contribution in [0.3, 0.4) is 0 Å². The zero-order valence-electron chi connectivity index (χ0n) is 12.3. The molecule has 0 aliphatic rings. The minimum absolute atomic E-state index is 0.0270. The van der Waals surface area contributed by atoms with Crippen LogP contribution in [-0.4, -0.2) is 18.0 Å². The molecule has 1 heterocycles. The maximum absolute atomic E-state index is 13.4. The molecule has 0 aliphatic carbocycles. The Hall–Kier alpha value is -2.70. The van der Waals surface area contributed by atoms with E-state index in [1.165, 1.54) is 19.3 Å². The third kappa shape index (κ3) is 4.64. The summed E-state index contributed by atoms with van der Waals surface area (Å²) in [5.41, 5.74) is -0.573. The number of anilines is 1. The Labute approximate surface area is 131 Å². The van der Waals surface area contributed by atoms with E-state index in [2.05, 4.69) is 5.32 Å². The Morgan fingerprint density at radius 2 is 1.91 bits per heavy atom. The number of rotatable bonds is 6. The van der Waals surface area contributed by atoms with Gasteiger partial charge >= 0.3 is 5.97 Å². The topological polar surface area (TPSA) is 68.5 Å². The van der Waals surface area contributed by atoms with E-state index in [4.69, 9.17) is 9.15 Å². The number of benzene rings is 1. The molecule has 23 heavy (non-hydrogen) atoms. The van der Waals surface area contributed by atoms with Crippen LogP contribution in [-0.2, 0) is 20.7 Å². The van der Waals surface area contributed by atoms with Crippen molar-refractivity contribution in [2.24, 2.45) is 0 Å². The number of hydrogen-bond acceptors (Lipinski definition) is 4. The molecule has 1 aromatic carbocycles. The molecule has 0 unspecified atom stereocenters. The molecule has 1 N–H and O–H groups in total. The lowest BCUT2D eigenvalue weighted by atomic mass is 10.2. The Kier molecular flexibility index (Phi) is 5.46. The first-order valence-electron chi connectivity index (χ1n) is 6.94. The molecule has 0 bridgehead atoms. The van der Waals surface area contributed by atoms with Crippen molar-refractivity contribution in [3.8, 4) is 0 Å². The van der Waals surface area contributed by atoms with Gasteiger partial charge in [0.25, 0.3) is 5.91 Å². The first-order chi connectivity index (χ1) is 11.0. The molecule has 122 valence electrons. The molecule has 1 atom stereocenters. The Morgan fingerprint density at radius 1 is 1.22 bits per heavy atom. The second kappa shape index (κ2) is 7.53. The van der Waals surface area contributed by atoms with Crippen LogP contribution in [0.25, 0.3) is 0 Å². The maximum atomic E-state index is 13.4. The van der Waals surface area contributed by atoms with Gasteiger partial charge in [-0.1, -0.05) is 6.07 Å². The molecule has 0 fully saturated rings. The first-order valence-corrected chi connectivity index (χ1v) is 6.94. The summed E-state index contributed by atoms with van der Waals surface area (Å²) in [6, 6.07) is 6.61. The highest BCUT2D eigenvalue weighted by Crippen LogP contribution is 2.18. The lowest BCUT2D eigenvalue weighted by molar-refractivity contribution is -0.153. The van der Waals surface area contributed by atoms with Crippen molar-refractivity contribution >= 4 is 17.6 Å². The van der Waals surface area contributed by atoms with E-state index in [0.29, 0.717) is 12.2 Å². The van der Waals surface area contributed by atoms with E-state index in [1.807, 2.05) is 0 Å². The average molecular weight is 323 g/mol. The van der Waals surface area contributed by atoms with Crippen molar-refractivity contribution in [1.29, 1.82) is 0 Å². The third-order valence-corrected chi connectivity index (χ3v) is 3.04. The van der Waals surface area contributed by atoms with Crippen LogP contribution in [0.5, 0.6) is 0 Å². The van der Waals surface area contributed by atoms with Gasteiger partial charge in [-0.3, -0.25) is 9.59 Å². The maximum Gasteiger partial charge on any atom is 0.307 e. The fraction of sp³-hybridized carbons (Fsp3) is 0.250. The molecule has 0 radical (unpaired) electrons. The fourth-order valence-electron chi connectivity index (χ4n) is 1.83. The van der Waals surface area contributed by atoms with Gasteiger partial charge in [-0.2, -0.15) is 0 Å². The fourth-order valence-corrected chi connectivity index (χ4v) is 1.83. The second-order valence-corrected chi connectivity index (χ2v) is 4.80. The van der Waals surface area contributed by atoms with Crippen LogP contribution in [0, 0.1) is 11.6 Å². The van der Waals surface area contributed by atoms with E-state index in [9.17, 15) is 18.4 Å². The van der Waals surface area contributed by atoms with Crippen LogP contribution in [0.2, 0.25) is 0 Å². The molecule has 7 heteroatoms. The first kappa shape index (κ1) is 16.7. The minimum atomic E-state index is -1.18. The number of aryl methyl sites for hydroxylation is 1. The summed E-state index contributed by atoms with van der Waals surface area (Å²) in [6.45, 7) is 1.32. The molecular weight excluding hydrogens is 308 g/mol. The van der Waals surface area contributed by atoms with Crippen LogP contribution in [0.1, 0.15) is 19.1 Å². The smallest absolute Gasteiger partial charge is 0.307 e. The summed E-state index contributed by atoms with van der Waals surface area (Å²) in [5.74, 6) is -2.63. The summed E-state index contributed by atoms with van der Waals surface area (Å²) in [6.07, 6.45) is 0.666. The number of carbonyl (C=O) groups is 2. The molecule has 2 aromatic rings. The van der Waals surface area contributed by atoms with Crippen molar-refractivity contribution < 1.29 is 27.5 Å². The number of carbonyl (C=O) groups excluding carboxylic acids is 2. The summed E-state index contributed by atoms with van der Waals surface area (Å²) >= 11 is 0. The van der Waals surface area contributed by atoms with Gasteiger partial charge in [-0.25, -0.2) is 8.78 Å². The highest BCUT2D eigenvalue weighted by atomic mass is 19.1. The van der Waals surface area contributed by atoms with Gasteiger partial charge < -0.3 is 14.5 Å². The number of hydrogen-bond donors (Lipinski definition) is 1. The van der Waals surface area contributed by atoms with E-state index >= 15 is 0 Å². The summed E-state index contributed by atoms with van der Waals surface area (Å²) in [7, 11) is 0. The molecule has 5 nitrogen and oxygen atoms in total. The van der Waals surface area contributed by atoms with Gasteiger partial charge in [0.15, 0.2) is 6.10 Å². The Bertz CT molecular complexity index is 665. The second-order valence-electron chi connectivity index (χ2n) is 4.80. The number of esters is 1. The lowest BCUT2D eigenvalue weighted by Crippen LogP contribution is -2.30. The van der Waals surface area contributed by atoms with Crippen molar-refractivity contribution in [2.45, 2.75) is 25.9 Å². The van der Waals surface area contributed by atoms with Gasteiger partial charge in [0.05, 0.1) is 12.7 Å². The number of ether oxygens (including phenoxy) is 1. The minimum Gasteiger partial charge on any atom is -0.469 e. The molecule has 0 aliphatic heterocycles. The largest absolute Gasteiger partial charge is 0.469 e. The van der Waals surface area contributed by atoms with Crippen LogP contribution in [0.4, 0.5) is 14.5 Å². The third-order valence-electron chi connectivity index (χ3n) is 3.04. The number of nitrogens with one attached hydrogen (secondary N) is 1. The van der Waals surface area contributed by atoms with Gasteiger partial charge in [-0.15, -0.1) is 0 Å². The van der Waals surface area contributed by atoms with Gasteiger partial charge in [0.1, 0.15) is 23.1 Å². The summed E-state index contributed by atoms with van der Waals surface area (Å²) in [4.78, 5) is 23.5. The Morgan fingerprint density at radius 3 is 2.52 bits per heavy atom. The zero-order valence-corrected chi connectivity index (χ0v) is 12.3. The quantitative estimate of drug-likeness (QED) is 0.830. The number of amides is 1. The molecular formula is C16H15F2NO4. The van der Waals surface area contributed by atoms with Gasteiger partial charge in [0.2, 0.25) is 0 Å². The Balaban J connectivity index is 1.86. The monoisotopic (exact) mass is 323 g/mol. The molecule has 0 saturated heterocycles. The van der Waals surface area contributed by atoms with E-state index in [0.717, 1.165) is 12.1 Å². The lowest BCUT2D eigenvalue weighted by Gasteiger charge is -2.14. The average Bonchev–Trinajstić information content (AvgIpc) is 3.02. The highest BCUT2D eigenvalue weighted by Gasteiger charge is 2.20. The van der Waals surface area contributed by atoms with Crippen LogP contribution >= 0.6 is 0 Å². The van der Waals surface area contributed by atoms with Crippen molar-refractivity contribution in [2.75, 3.05) is 5.32 Å². The predicted octanol–water partition coefficient (Wildman–Crippen LogP) is 3.06. The zero-order chi connectivity index (χ0) is 16.8. The van der Waals surface area contributed by atoms with Crippen LogP contribution < -0.4 is 5.32 Å². The van der Waals surface area contributed by atoms with Crippen molar-refractivity contribution in [3.05, 3.63) is 54.0 Å². The molecule has 2 rings (SSSR count). The molecule has 1 aromatic heterocycles. The van der Waals surface area contributed by atoms with Crippen molar-refractivity contribution in [3.63, 3.8) is 0 Å². The number of para-hydroxylation sites is 1. The van der Waals surface area contributed by atoms with Crippen molar-refractivity contribution in [1.82, 2.24) is 0 Å². The van der Waals surface area contributed by atoms with Crippen LogP contribution in [0.15, 0.2) is 41.0 Å².